The van der Waals surface area contributed by atoms with Crippen LogP contribution >= 0.6 is 24.0 Å². The lowest BCUT2D eigenvalue weighted by Crippen LogP contribution is -2.41. The average Bonchev–Trinajstić information content (AvgIpc) is 3.50. The SMILES string of the molecule is Cl.NCC(NC(=O)c1ccc(NCc2ccccc2Cl)c([N+](=O)[O-])c1)C1CC1. The Bertz CT molecular complexity index is 859. The summed E-state index contributed by atoms with van der Waals surface area (Å²) in [6, 6.07) is 11.6. The minimum Gasteiger partial charge on any atom is -0.375 e. The Kier molecular flexibility index (Phi) is 7.62. The van der Waals surface area contributed by atoms with Crippen LogP contribution in [0, 0.1) is 16.0 Å². The van der Waals surface area contributed by atoms with Crippen molar-refractivity contribution in [2.45, 2.75) is 25.4 Å². The van der Waals surface area contributed by atoms with Crippen molar-refractivity contribution in [3.05, 3.63) is 68.7 Å². The lowest BCUT2D eigenvalue weighted by atomic mass is 10.1. The van der Waals surface area contributed by atoms with Crippen molar-refractivity contribution in [1.82, 2.24) is 5.32 Å². The van der Waals surface area contributed by atoms with E-state index in [-0.39, 0.29) is 35.6 Å². The van der Waals surface area contributed by atoms with Gasteiger partial charge >= 0.3 is 0 Å². The molecule has 0 aliphatic heterocycles. The number of hydrogen-bond acceptors (Lipinski definition) is 5. The second-order valence-corrected chi connectivity index (χ2v) is 6.99. The number of nitrogens with zero attached hydrogens (tertiary/aromatic N) is 1. The molecule has 1 aliphatic carbocycles. The van der Waals surface area contributed by atoms with Crippen LogP contribution in [0.25, 0.3) is 0 Å². The van der Waals surface area contributed by atoms with Crippen molar-refractivity contribution in [3.63, 3.8) is 0 Å². The van der Waals surface area contributed by atoms with E-state index in [1.165, 1.54) is 6.07 Å². The number of anilines is 1. The second-order valence-electron chi connectivity index (χ2n) is 6.59. The molecule has 0 saturated heterocycles. The van der Waals surface area contributed by atoms with E-state index >= 15 is 0 Å². The number of nitrogens with two attached hydrogens (primary N) is 1. The van der Waals surface area contributed by atoms with Gasteiger partial charge in [0.25, 0.3) is 11.6 Å². The first kappa shape index (κ1) is 21.9. The molecule has 150 valence electrons. The Morgan fingerprint density at radius 3 is 2.61 bits per heavy atom. The van der Waals surface area contributed by atoms with Crippen LogP contribution in [0.15, 0.2) is 42.5 Å². The summed E-state index contributed by atoms with van der Waals surface area (Å²) in [7, 11) is 0. The number of halogens is 2. The molecule has 4 N–H and O–H groups in total. The van der Waals surface area contributed by atoms with Gasteiger partial charge in [-0.3, -0.25) is 14.9 Å². The molecule has 2 aromatic rings. The molecule has 0 heterocycles. The standard InChI is InChI=1S/C19H21ClN4O3.ClH/c20-15-4-2-1-3-14(15)11-22-16-8-7-13(9-18(16)24(26)27)19(25)23-17(10-21)12-5-6-12;/h1-4,7-9,12,17,22H,5-6,10-11,21H2,(H,23,25);1H. The molecule has 1 saturated carbocycles. The molecule has 3 rings (SSSR count). The molecule has 0 radical (unpaired) electrons. The van der Waals surface area contributed by atoms with E-state index in [0.29, 0.717) is 29.7 Å². The largest absolute Gasteiger partial charge is 0.375 e. The number of rotatable bonds is 8. The van der Waals surface area contributed by atoms with Crippen molar-refractivity contribution in [1.29, 1.82) is 0 Å². The zero-order valence-corrected chi connectivity index (χ0v) is 16.6. The van der Waals surface area contributed by atoms with Gasteiger partial charge in [-0.1, -0.05) is 29.8 Å². The minimum absolute atomic E-state index is 0. The molecule has 1 unspecified atom stereocenters. The Labute approximate surface area is 174 Å². The molecular weight excluding hydrogens is 403 g/mol. The summed E-state index contributed by atoms with van der Waals surface area (Å²) in [5.41, 5.74) is 6.94. The van der Waals surface area contributed by atoms with E-state index in [4.69, 9.17) is 17.3 Å². The first-order chi connectivity index (χ1) is 13.0. The van der Waals surface area contributed by atoms with E-state index < -0.39 is 4.92 Å². The zero-order valence-electron chi connectivity index (χ0n) is 15.1. The van der Waals surface area contributed by atoms with Crippen molar-refractivity contribution in [2.24, 2.45) is 11.7 Å². The number of nitrogens with one attached hydrogen (secondary N) is 2. The number of hydrogen-bond donors (Lipinski definition) is 3. The summed E-state index contributed by atoms with van der Waals surface area (Å²) in [4.78, 5) is 23.4. The summed E-state index contributed by atoms with van der Waals surface area (Å²) in [5, 5.41) is 17.9. The predicted molar refractivity (Wildman–Crippen MR) is 112 cm³/mol. The lowest BCUT2D eigenvalue weighted by molar-refractivity contribution is -0.384. The molecule has 9 heteroatoms. The van der Waals surface area contributed by atoms with E-state index in [1.54, 1.807) is 18.2 Å². The summed E-state index contributed by atoms with van der Waals surface area (Å²) in [6.07, 6.45) is 2.10. The molecule has 1 aliphatic rings. The summed E-state index contributed by atoms with van der Waals surface area (Å²) in [5.74, 6) is 0.0589. The smallest absolute Gasteiger partial charge is 0.293 e. The van der Waals surface area contributed by atoms with Crippen molar-refractivity contribution in [2.75, 3.05) is 11.9 Å². The van der Waals surface area contributed by atoms with Crippen molar-refractivity contribution >= 4 is 41.3 Å². The number of nitro benzene ring substituents is 1. The highest BCUT2D eigenvalue weighted by atomic mass is 35.5. The maximum Gasteiger partial charge on any atom is 0.293 e. The fourth-order valence-electron chi connectivity index (χ4n) is 2.93. The van der Waals surface area contributed by atoms with Crippen molar-refractivity contribution in [3.8, 4) is 0 Å². The lowest BCUT2D eigenvalue weighted by Gasteiger charge is -2.16. The fourth-order valence-corrected chi connectivity index (χ4v) is 3.13. The summed E-state index contributed by atoms with van der Waals surface area (Å²) < 4.78 is 0. The third-order valence-corrected chi connectivity index (χ3v) is 5.01. The van der Waals surface area contributed by atoms with Crippen LogP contribution in [0.1, 0.15) is 28.8 Å². The van der Waals surface area contributed by atoms with E-state index in [0.717, 1.165) is 18.4 Å². The first-order valence-electron chi connectivity index (χ1n) is 8.76. The highest BCUT2D eigenvalue weighted by molar-refractivity contribution is 6.31. The van der Waals surface area contributed by atoms with Crippen LogP contribution in [0.5, 0.6) is 0 Å². The maximum absolute atomic E-state index is 12.4. The number of carbonyl (C=O) groups excluding carboxylic acids is 1. The quantitative estimate of drug-likeness (QED) is 0.441. The summed E-state index contributed by atoms with van der Waals surface area (Å²) in [6.45, 7) is 0.693. The molecule has 1 fully saturated rings. The van der Waals surface area contributed by atoms with Crippen LogP contribution in [0.3, 0.4) is 0 Å². The third-order valence-electron chi connectivity index (χ3n) is 4.65. The van der Waals surface area contributed by atoms with Gasteiger partial charge < -0.3 is 16.4 Å². The first-order valence-corrected chi connectivity index (χ1v) is 9.14. The number of amides is 1. The van der Waals surface area contributed by atoms with Gasteiger partial charge in [0.2, 0.25) is 0 Å². The van der Waals surface area contributed by atoms with Gasteiger partial charge in [0.1, 0.15) is 5.69 Å². The highest BCUT2D eigenvalue weighted by Crippen LogP contribution is 2.32. The molecule has 28 heavy (non-hydrogen) atoms. The zero-order chi connectivity index (χ0) is 19.4. The van der Waals surface area contributed by atoms with Gasteiger partial charge in [0.05, 0.1) is 4.92 Å². The summed E-state index contributed by atoms with van der Waals surface area (Å²) >= 11 is 6.12. The fraction of sp³-hybridized carbons (Fsp3) is 0.316. The second kappa shape index (κ2) is 9.73. The molecule has 7 nitrogen and oxygen atoms in total. The average molecular weight is 425 g/mol. The van der Waals surface area contributed by atoms with E-state index in [2.05, 4.69) is 10.6 Å². The minimum atomic E-state index is -0.507. The highest BCUT2D eigenvalue weighted by Gasteiger charge is 2.31. The maximum atomic E-state index is 12.4. The van der Waals surface area contributed by atoms with Crippen LogP contribution in [-0.2, 0) is 6.54 Å². The predicted octanol–water partition coefficient (Wildman–Crippen LogP) is 3.75. The number of nitro groups is 1. The third kappa shape index (κ3) is 5.34. The van der Waals surface area contributed by atoms with Crippen molar-refractivity contribution < 1.29 is 9.72 Å². The molecule has 0 aromatic heterocycles. The van der Waals surface area contributed by atoms with E-state index in [1.807, 2.05) is 18.2 Å². The Morgan fingerprint density at radius 2 is 2.00 bits per heavy atom. The van der Waals surface area contributed by atoms with Crippen LogP contribution in [0.2, 0.25) is 5.02 Å². The van der Waals surface area contributed by atoms with Gasteiger partial charge in [-0.2, -0.15) is 0 Å². The molecular formula is C19H22Cl2N4O3. The molecule has 2 aromatic carbocycles. The number of benzene rings is 2. The molecule has 0 spiro atoms. The van der Waals surface area contributed by atoms with Crippen LogP contribution < -0.4 is 16.4 Å². The van der Waals surface area contributed by atoms with Gasteiger partial charge in [-0.05, 0) is 42.5 Å². The Hall–Kier alpha value is -2.35. The normalized spacial score (nSPS) is 13.9. The molecule has 1 amide bonds. The van der Waals surface area contributed by atoms with Crippen LogP contribution in [0.4, 0.5) is 11.4 Å². The molecule has 1 atom stereocenters. The van der Waals surface area contributed by atoms with Gasteiger partial charge in [0.15, 0.2) is 0 Å². The van der Waals surface area contributed by atoms with Gasteiger partial charge in [-0.15, -0.1) is 12.4 Å². The Morgan fingerprint density at radius 1 is 1.29 bits per heavy atom. The monoisotopic (exact) mass is 424 g/mol. The van der Waals surface area contributed by atoms with Gasteiger partial charge in [0, 0.05) is 35.8 Å². The van der Waals surface area contributed by atoms with Gasteiger partial charge in [-0.25, -0.2) is 0 Å². The Balaban J connectivity index is 0.00000280. The number of carbonyl (C=O) groups is 1. The topological polar surface area (TPSA) is 110 Å². The van der Waals surface area contributed by atoms with E-state index in [9.17, 15) is 14.9 Å². The van der Waals surface area contributed by atoms with Crippen LogP contribution in [-0.4, -0.2) is 23.4 Å². The molecule has 0 bridgehead atoms.